The van der Waals surface area contributed by atoms with Crippen LogP contribution in [-0.2, 0) is 16.0 Å². The van der Waals surface area contributed by atoms with Crippen molar-refractivity contribution in [2.45, 2.75) is 58.5 Å². The second-order valence-electron chi connectivity index (χ2n) is 9.82. The summed E-state index contributed by atoms with van der Waals surface area (Å²) in [5, 5.41) is 14.3. The van der Waals surface area contributed by atoms with Crippen molar-refractivity contribution < 1.29 is 14.6 Å². The molecule has 4 atom stereocenters. The molecule has 0 bridgehead atoms. The van der Waals surface area contributed by atoms with E-state index in [4.69, 9.17) is 4.74 Å². The van der Waals surface area contributed by atoms with Crippen LogP contribution >= 0.6 is 0 Å². The van der Waals surface area contributed by atoms with Crippen LogP contribution in [0.25, 0.3) is 10.9 Å². The first-order chi connectivity index (χ1) is 14.4. The van der Waals surface area contributed by atoms with Crippen molar-refractivity contribution in [2.75, 3.05) is 13.1 Å². The van der Waals surface area contributed by atoms with Crippen LogP contribution in [0.15, 0.2) is 35.5 Å². The molecule has 4 unspecified atom stereocenters. The summed E-state index contributed by atoms with van der Waals surface area (Å²) in [6.07, 6.45) is 8.64. The predicted molar refractivity (Wildman–Crippen MR) is 117 cm³/mol. The van der Waals surface area contributed by atoms with Crippen LogP contribution in [0.1, 0.15) is 51.5 Å². The van der Waals surface area contributed by atoms with Crippen molar-refractivity contribution in [3.05, 3.63) is 41.1 Å². The van der Waals surface area contributed by atoms with E-state index in [9.17, 15) is 9.90 Å². The van der Waals surface area contributed by atoms with Crippen LogP contribution < -0.4 is 5.32 Å². The largest absolute Gasteiger partial charge is 0.508 e. The number of aromatic hydroxyl groups is 1. The first kappa shape index (κ1) is 19.7. The van der Waals surface area contributed by atoms with Crippen LogP contribution in [-0.4, -0.2) is 35.3 Å². The number of nitrogens with one attached hydrogen (secondary N) is 2. The summed E-state index contributed by atoms with van der Waals surface area (Å²) in [5.41, 5.74) is 5.60. The van der Waals surface area contributed by atoms with Crippen LogP contribution in [0.2, 0.25) is 0 Å². The maximum Gasteiger partial charge on any atom is 0.310 e. The van der Waals surface area contributed by atoms with Crippen LogP contribution in [0.5, 0.6) is 5.75 Å². The van der Waals surface area contributed by atoms with Crippen molar-refractivity contribution in [1.82, 2.24) is 10.3 Å². The number of ether oxygens (including phenoxy) is 1. The quantitative estimate of drug-likeness (QED) is 0.388. The Hall–Kier alpha value is -2.27. The van der Waals surface area contributed by atoms with E-state index >= 15 is 0 Å². The normalized spacial score (nSPS) is 31.0. The van der Waals surface area contributed by atoms with Crippen molar-refractivity contribution in [3.8, 4) is 5.75 Å². The molecule has 1 saturated heterocycles. The van der Waals surface area contributed by atoms with Crippen molar-refractivity contribution in [3.63, 3.8) is 0 Å². The number of phenols is 1. The van der Waals surface area contributed by atoms with Gasteiger partial charge in [0.25, 0.3) is 0 Å². The van der Waals surface area contributed by atoms with Crippen molar-refractivity contribution in [1.29, 1.82) is 0 Å². The molecule has 1 aromatic heterocycles. The summed E-state index contributed by atoms with van der Waals surface area (Å²) in [6, 6.07) is 5.40. The minimum Gasteiger partial charge on any atom is -0.508 e. The molecule has 1 saturated carbocycles. The fourth-order valence-corrected chi connectivity index (χ4v) is 6.20. The standard InChI is InChI=1S/C25H32N2O3/c1-15-4-3-8-25(2)12-23-19(11-21(15)25)20(24(29)30-23)14-26-9-7-16-13-27-22-6-5-17(28)10-18(16)22/h5-6,10,13,19-20,23,26-28H,3-4,7-9,11-12,14H2,1-2H3. The minimum atomic E-state index is -0.0474. The zero-order chi connectivity index (χ0) is 20.9. The number of aromatic amines is 1. The minimum absolute atomic E-state index is 0.0185. The topological polar surface area (TPSA) is 74.3 Å². The third-order valence-electron chi connectivity index (χ3n) is 7.87. The lowest BCUT2D eigenvalue weighted by atomic mass is 9.59. The second kappa shape index (κ2) is 7.45. The third kappa shape index (κ3) is 3.33. The third-order valence-corrected chi connectivity index (χ3v) is 7.87. The molecule has 5 rings (SSSR count). The number of hydrogen-bond acceptors (Lipinski definition) is 4. The van der Waals surface area contributed by atoms with Crippen LogP contribution in [0.4, 0.5) is 0 Å². The van der Waals surface area contributed by atoms with Gasteiger partial charge in [-0.3, -0.25) is 4.79 Å². The van der Waals surface area contributed by atoms with Gasteiger partial charge in [0, 0.05) is 29.6 Å². The fraction of sp³-hybridized carbons (Fsp3) is 0.560. The second-order valence-corrected chi connectivity index (χ2v) is 9.82. The number of benzene rings is 1. The number of allylic oxidation sites excluding steroid dienone is 2. The molecule has 3 N–H and O–H groups in total. The number of carbonyl (C=O) groups excluding carboxylic acids is 1. The smallest absolute Gasteiger partial charge is 0.310 e. The molecule has 0 spiro atoms. The molecule has 0 amide bonds. The van der Waals surface area contributed by atoms with Gasteiger partial charge in [0.2, 0.25) is 0 Å². The van der Waals surface area contributed by atoms with E-state index in [-0.39, 0.29) is 29.2 Å². The first-order valence-electron chi connectivity index (χ1n) is 11.3. The first-order valence-corrected chi connectivity index (χ1v) is 11.3. The maximum absolute atomic E-state index is 12.7. The molecule has 2 heterocycles. The van der Waals surface area contributed by atoms with E-state index in [1.54, 1.807) is 23.3 Å². The van der Waals surface area contributed by atoms with E-state index in [0.717, 1.165) is 36.7 Å². The number of carbonyl (C=O) groups is 1. The Labute approximate surface area is 177 Å². The number of phenolic OH excluding ortho intramolecular Hbond substituents is 1. The number of aromatic nitrogens is 1. The molecule has 30 heavy (non-hydrogen) atoms. The van der Waals surface area contributed by atoms with Gasteiger partial charge in [0.1, 0.15) is 11.9 Å². The number of esters is 1. The van der Waals surface area contributed by atoms with Crippen LogP contribution in [0.3, 0.4) is 0 Å². The Morgan fingerprint density at radius 1 is 1.37 bits per heavy atom. The van der Waals surface area contributed by atoms with Crippen LogP contribution in [0, 0.1) is 17.3 Å². The number of hydrogen-bond donors (Lipinski definition) is 3. The van der Waals surface area contributed by atoms with E-state index in [2.05, 4.69) is 24.1 Å². The molecule has 2 aromatic rings. The summed E-state index contributed by atoms with van der Waals surface area (Å²) in [4.78, 5) is 15.9. The monoisotopic (exact) mass is 408 g/mol. The average molecular weight is 409 g/mol. The highest BCUT2D eigenvalue weighted by atomic mass is 16.6. The molecule has 2 aliphatic carbocycles. The molecule has 1 aliphatic heterocycles. The van der Waals surface area contributed by atoms with Gasteiger partial charge in [-0.15, -0.1) is 0 Å². The molecule has 160 valence electrons. The fourth-order valence-electron chi connectivity index (χ4n) is 6.20. The highest BCUT2D eigenvalue weighted by Gasteiger charge is 2.52. The average Bonchev–Trinajstić information content (AvgIpc) is 3.23. The predicted octanol–water partition coefficient (Wildman–Crippen LogP) is 4.46. The maximum atomic E-state index is 12.7. The van der Waals surface area contributed by atoms with Gasteiger partial charge >= 0.3 is 5.97 Å². The zero-order valence-corrected chi connectivity index (χ0v) is 18.0. The highest BCUT2D eigenvalue weighted by Crippen LogP contribution is 2.54. The Kier molecular flexibility index (Phi) is 4.89. The Morgan fingerprint density at radius 2 is 2.23 bits per heavy atom. The Balaban J connectivity index is 1.22. The summed E-state index contributed by atoms with van der Waals surface area (Å²) in [5.74, 6) is 0.530. The van der Waals surface area contributed by atoms with E-state index in [1.807, 2.05) is 12.3 Å². The van der Waals surface area contributed by atoms with Gasteiger partial charge < -0.3 is 20.1 Å². The van der Waals surface area contributed by atoms with Gasteiger partial charge in [-0.05, 0) is 81.2 Å². The Morgan fingerprint density at radius 3 is 3.10 bits per heavy atom. The highest BCUT2D eigenvalue weighted by molar-refractivity contribution is 5.84. The van der Waals surface area contributed by atoms with Gasteiger partial charge in [-0.1, -0.05) is 18.1 Å². The van der Waals surface area contributed by atoms with E-state index in [0.29, 0.717) is 12.5 Å². The molecule has 2 fully saturated rings. The summed E-state index contributed by atoms with van der Waals surface area (Å²) < 4.78 is 5.87. The number of rotatable bonds is 5. The van der Waals surface area contributed by atoms with Crippen molar-refractivity contribution in [2.24, 2.45) is 17.3 Å². The summed E-state index contributed by atoms with van der Waals surface area (Å²) in [7, 11) is 0. The van der Waals surface area contributed by atoms with Gasteiger partial charge in [0.15, 0.2) is 0 Å². The lowest BCUT2D eigenvalue weighted by molar-refractivity contribution is -0.145. The van der Waals surface area contributed by atoms with Crippen molar-refractivity contribution >= 4 is 16.9 Å². The lowest BCUT2D eigenvalue weighted by Crippen LogP contribution is -2.40. The summed E-state index contributed by atoms with van der Waals surface area (Å²) >= 11 is 0. The molecule has 0 radical (unpaired) electrons. The Bertz CT molecular complexity index is 1010. The molecule has 5 nitrogen and oxygen atoms in total. The number of H-pyrrole nitrogens is 1. The SMILES string of the molecule is CC1=C2CC3C(CC2(C)CCC1)OC(=O)C3CNCCc1c[nH]c2ccc(O)cc12. The molecule has 3 aliphatic rings. The molecule has 5 heteroatoms. The lowest BCUT2D eigenvalue weighted by Gasteiger charge is -2.45. The van der Waals surface area contributed by atoms with Gasteiger partial charge in [-0.25, -0.2) is 0 Å². The zero-order valence-electron chi connectivity index (χ0n) is 18.0. The molecule has 1 aromatic carbocycles. The number of fused-ring (bicyclic) bond motifs is 3. The molecular formula is C25H32N2O3. The van der Waals surface area contributed by atoms with E-state index < -0.39 is 0 Å². The summed E-state index contributed by atoms with van der Waals surface area (Å²) in [6.45, 7) is 6.14. The van der Waals surface area contributed by atoms with Gasteiger partial charge in [-0.2, -0.15) is 0 Å². The van der Waals surface area contributed by atoms with E-state index in [1.165, 1.54) is 24.8 Å². The molecular weight excluding hydrogens is 376 g/mol. The van der Waals surface area contributed by atoms with Gasteiger partial charge in [0.05, 0.1) is 5.92 Å².